The Balaban J connectivity index is 1.91. The van der Waals surface area contributed by atoms with Crippen LogP contribution in [-0.2, 0) is 0 Å². The second-order valence-electron chi connectivity index (χ2n) is 5.67. The molecule has 0 radical (unpaired) electrons. The van der Waals surface area contributed by atoms with Crippen molar-refractivity contribution in [1.82, 2.24) is 14.9 Å². The van der Waals surface area contributed by atoms with Gasteiger partial charge in [0.15, 0.2) is 0 Å². The highest BCUT2D eigenvalue weighted by molar-refractivity contribution is 5.47. The lowest BCUT2D eigenvalue weighted by molar-refractivity contribution is 0.327. The van der Waals surface area contributed by atoms with Crippen LogP contribution in [0.15, 0.2) is 6.07 Å². The van der Waals surface area contributed by atoms with E-state index in [2.05, 4.69) is 39.3 Å². The van der Waals surface area contributed by atoms with E-state index in [0.29, 0.717) is 6.04 Å². The Bertz CT molecular complexity index is 415. The Labute approximate surface area is 122 Å². The van der Waals surface area contributed by atoms with Gasteiger partial charge in [0.1, 0.15) is 17.5 Å². The van der Waals surface area contributed by atoms with Crippen LogP contribution < -0.4 is 10.6 Å². The first-order chi connectivity index (χ1) is 9.67. The molecule has 0 spiro atoms. The molecule has 20 heavy (non-hydrogen) atoms. The summed E-state index contributed by atoms with van der Waals surface area (Å²) in [5.41, 5.74) is 0. The minimum atomic E-state index is 0.404. The summed E-state index contributed by atoms with van der Waals surface area (Å²) < 4.78 is 0. The maximum absolute atomic E-state index is 4.48. The molecule has 0 aliphatic carbocycles. The van der Waals surface area contributed by atoms with E-state index in [-0.39, 0.29) is 0 Å². The molecule has 0 aromatic carbocycles. The van der Waals surface area contributed by atoms with Gasteiger partial charge >= 0.3 is 0 Å². The number of aryl methyl sites for hydroxylation is 1. The molecule has 0 bridgehead atoms. The highest BCUT2D eigenvalue weighted by atomic mass is 15.2. The predicted molar refractivity (Wildman–Crippen MR) is 84.3 cm³/mol. The summed E-state index contributed by atoms with van der Waals surface area (Å²) in [5, 5.41) is 6.81. The monoisotopic (exact) mass is 277 g/mol. The topological polar surface area (TPSA) is 53.1 Å². The normalized spacial score (nSPS) is 17.1. The van der Waals surface area contributed by atoms with E-state index >= 15 is 0 Å². The van der Waals surface area contributed by atoms with E-state index < -0.39 is 0 Å². The molecule has 1 aromatic rings. The molecule has 1 aromatic heterocycles. The van der Waals surface area contributed by atoms with E-state index in [1.165, 1.54) is 25.9 Å². The first-order valence-corrected chi connectivity index (χ1v) is 7.76. The number of aromatic nitrogens is 2. The first kappa shape index (κ1) is 15.0. The Morgan fingerprint density at radius 2 is 1.95 bits per heavy atom. The van der Waals surface area contributed by atoms with Gasteiger partial charge in [0.05, 0.1) is 0 Å². The number of nitrogens with zero attached hydrogens (tertiary/aromatic N) is 3. The Hall–Kier alpha value is -1.36. The van der Waals surface area contributed by atoms with Crippen LogP contribution >= 0.6 is 0 Å². The van der Waals surface area contributed by atoms with Crippen molar-refractivity contribution in [2.24, 2.45) is 0 Å². The van der Waals surface area contributed by atoms with Gasteiger partial charge in [-0.1, -0.05) is 6.92 Å². The molecular weight excluding hydrogens is 250 g/mol. The molecule has 0 saturated carbocycles. The summed E-state index contributed by atoms with van der Waals surface area (Å²) >= 11 is 0. The molecular formula is C15H27N5. The summed E-state index contributed by atoms with van der Waals surface area (Å²) in [5.74, 6) is 2.64. The third-order valence-electron chi connectivity index (χ3n) is 3.52. The zero-order chi connectivity index (χ0) is 14.4. The zero-order valence-corrected chi connectivity index (χ0v) is 12.9. The lowest BCUT2D eigenvalue weighted by atomic mass is 10.3. The second kappa shape index (κ2) is 7.43. The van der Waals surface area contributed by atoms with E-state index in [1.807, 2.05) is 13.0 Å². The summed E-state index contributed by atoms with van der Waals surface area (Å²) in [6, 6.07) is 2.41. The number of rotatable bonds is 7. The van der Waals surface area contributed by atoms with E-state index in [4.69, 9.17) is 0 Å². The molecule has 2 rings (SSSR count). The standard InChI is InChI=1S/C15H27N5/c1-4-7-16-14-10-15(19-13(3)18-14)17-12(2)11-20-8-5-6-9-20/h10,12H,4-9,11H2,1-3H3,(H2,16,17,18,19). The maximum atomic E-state index is 4.48. The summed E-state index contributed by atoms with van der Waals surface area (Å²) in [4.78, 5) is 11.4. The quantitative estimate of drug-likeness (QED) is 0.802. The number of hydrogen-bond donors (Lipinski definition) is 2. The van der Waals surface area contributed by atoms with Crippen LogP contribution in [0.2, 0.25) is 0 Å². The lowest BCUT2D eigenvalue weighted by Gasteiger charge is -2.22. The summed E-state index contributed by atoms with van der Waals surface area (Å²) in [6.45, 7) is 10.8. The molecule has 1 fully saturated rings. The lowest BCUT2D eigenvalue weighted by Crippen LogP contribution is -2.33. The van der Waals surface area contributed by atoms with E-state index in [1.54, 1.807) is 0 Å². The van der Waals surface area contributed by atoms with Crippen molar-refractivity contribution in [3.8, 4) is 0 Å². The van der Waals surface area contributed by atoms with Crippen molar-refractivity contribution in [2.75, 3.05) is 36.8 Å². The predicted octanol–water partition coefficient (Wildman–Crippen LogP) is 2.50. The molecule has 5 heteroatoms. The molecule has 2 N–H and O–H groups in total. The third-order valence-corrected chi connectivity index (χ3v) is 3.52. The maximum Gasteiger partial charge on any atom is 0.132 e. The molecule has 1 aliphatic rings. The number of anilines is 2. The van der Waals surface area contributed by atoms with Crippen LogP contribution in [0.3, 0.4) is 0 Å². The fourth-order valence-corrected chi connectivity index (χ4v) is 2.64. The fourth-order valence-electron chi connectivity index (χ4n) is 2.64. The SMILES string of the molecule is CCCNc1cc(NC(C)CN2CCCC2)nc(C)n1. The number of nitrogens with one attached hydrogen (secondary N) is 2. The average Bonchev–Trinajstić information content (AvgIpc) is 2.88. The molecule has 1 aliphatic heterocycles. The van der Waals surface area contributed by atoms with Gasteiger partial charge in [-0.15, -0.1) is 0 Å². The molecule has 1 saturated heterocycles. The number of hydrogen-bond acceptors (Lipinski definition) is 5. The van der Waals surface area contributed by atoms with Gasteiger partial charge in [0.2, 0.25) is 0 Å². The smallest absolute Gasteiger partial charge is 0.132 e. The highest BCUT2D eigenvalue weighted by Gasteiger charge is 2.15. The first-order valence-electron chi connectivity index (χ1n) is 7.76. The molecule has 2 heterocycles. The second-order valence-corrected chi connectivity index (χ2v) is 5.67. The molecule has 1 atom stereocenters. The van der Waals surface area contributed by atoms with Crippen molar-refractivity contribution in [1.29, 1.82) is 0 Å². The minimum Gasteiger partial charge on any atom is -0.370 e. The Kier molecular flexibility index (Phi) is 5.59. The van der Waals surface area contributed by atoms with Gasteiger partial charge in [0, 0.05) is 25.2 Å². The van der Waals surface area contributed by atoms with Crippen molar-refractivity contribution >= 4 is 11.6 Å². The van der Waals surface area contributed by atoms with E-state index in [0.717, 1.165) is 37.0 Å². The van der Waals surface area contributed by atoms with Crippen molar-refractivity contribution in [3.05, 3.63) is 11.9 Å². The van der Waals surface area contributed by atoms with Crippen LogP contribution in [0.4, 0.5) is 11.6 Å². The molecule has 0 amide bonds. The van der Waals surface area contributed by atoms with E-state index in [9.17, 15) is 0 Å². The summed E-state index contributed by atoms with van der Waals surface area (Å²) in [6.07, 6.45) is 3.77. The van der Waals surface area contributed by atoms with Crippen molar-refractivity contribution < 1.29 is 0 Å². The number of likely N-dealkylation sites (tertiary alicyclic amines) is 1. The Morgan fingerprint density at radius 3 is 2.65 bits per heavy atom. The van der Waals surface area contributed by atoms with Crippen LogP contribution in [-0.4, -0.2) is 47.1 Å². The largest absolute Gasteiger partial charge is 0.370 e. The van der Waals surface area contributed by atoms with Crippen LogP contribution in [0.25, 0.3) is 0 Å². The molecule has 1 unspecified atom stereocenters. The minimum absolute atomic E-state index is 0.404. The van der Waals surface area contributed by atoms with Crippen LogP contribution in [0.1, 0.15) is 38.9 Å². The highest BCUT2D eigenvalue weighted by Crippen LogP contribution is 2.14. The fraction of sp³-hybridized carbons (Fsp3) is 0.733. The van der Waals surface area contributed by atoms with Gasteiger partial charge in [-0.25, -0.2) is 9.97 Å². The average molecular weight is 277 g/mol. The Morgan fingerprint density at radius 1 is 1.25 bits per heavy atom. The molecule has 5 nitrogen and oxygen atoms in total. The molecule has 112 valence electrons. The van der Waals surface area contributed by atoms with Crippen LogP contribution in [0.5, 0.6) is 0 Å². The van der Waals surface area contributed by atoms with Gasteiger partial charge in [0.25, 0.3) is 0 Å². The van der Waals surface area contributed by atoms with Gasteiger partial charge in [-0.2, -0.15) is 0 Å². The zero-order valence-electron chi connectivity index (χ0n) is 12.9. The van der Waals surface area contributed by atoms with Gasteiger partial charge < -0.3 is 15.5 Å². The van der Waals surface area contributed by atoms with Gasteiger partial charge in [-0.3, -0.25) is 0 Å². The third kappa shape index (κ3) is 4.63. The summed E-state index contributed by atoms with van der Waals surface area (Å²) in [7, 11) is 0. The van der Waals surface area contributed by atoms with Gasteiger partial charge in [-0.05, 0) is 46.2 Å². The van der Waals surface area contributed by atoms with Crippen molar-refractivity contribution in [2.45, 2.75) is 46.1 Å². The van der Waals surface area contributed by atoms with Crippen LogP contribution in [0, 0.1) is 6.92 Å². The van der Waals surface area contributed by atoms with Crippen molar-refractivity contribution in [3.63, 3.8) is 0 Å².